The number of alkyl halides is 6. The summed E-state index contributed by atoms with van der Waals surface area (Å²) in [5.41, 5.74) is -0.249. The van der Waals surface area contributed by atoms with Gasteiger partial charge in [-0.15, -0.1) is 0 Å². The lowest BCUT2D eigenvalue weighted by Gasteiger charge is -2.44. The van der Waals surface area contributed by atoms with E-state index in [0.717, 1.165) is 6.39 Å². The van der Waals surface area contributed by atoms with Gasteiger partial charge in [0.25, 0.3) is 0 Å². The Bertz CT molecular complexity index is 515. The first-order chi connectivity index (χ1) is 10.5. The molecular weight excluding hydrogens is 328 g/mol. The van der Waals surface area contributed by atoms with Crippen LogP contribution < -0.4 is 0 Å². The molecule has 0 bridgehead atoms. The Labute approximate surface area is 129 Å². The highest BCUT2D eigenvalue weighted by Crippen LogP contribution is 2.32. The van der Waals surface area contributed by atoms with E-state index in [9.17, 15) is 26.3 Å². The molecule has 132 valence electrons. The monoisotopic (exact) mass is 345 g/mol. The molecule has 2 atom stereocenters. The lowest BCUT2D eigenvalue weighted by Crippen LogP contribution is -2.58. The SMILES string of the molecule is C[C@@H]1CN(Cc2ncoc2C(F)(F)F)C[C@H](C)N1CC(F)(F)F. The van der Waals surface area contributed by atoms with Crippen LogP contribution >= 0.6 is 0 Å². The van der Waals surface area contributed by atoms with Crippen LogP contribution in [-0.4, -0.2) is 52.7 Å². The summed E-state index contributed by atoms with van der Waals surface area (Å²) >= 11 is 0. The Morgan fingerprint density at radius 3 is 2.17 bits per heavy atom. The number of halogens is 6. The van der Waals surface area contributed by atoms with Crippen molar-refractivity contribution in [3.8, 4) is 0 Å². The van der Waals surface area contributed by atoms with Crippen molar-refractivity contribution in [3.63, 3.8) is 0 Å². The van der Waals surface area contributed by atoms with Crippen LogP contribution in [0.1, 0.15) is 25.3 Å². The Kier molecular flexibility index (Phi) is 4.95. The third-order valence-corrected chi connectivity index (χ3v) is 3.81. The molecule has 0 spiro atoms. The molecular formula is C13H17F6N3O. The second kappa shape index (κ2) is 6.31. The van der Waals surface area contributed by atoms with E-state index in [4.69, 9.17) is 0 Å². The van der Waals surface area contributed by atoms with Gasteiger partial charge < -0.3 is 4.42 Å². The fourth-order valence-corrected chi connectivity index (χ4v) is 2.94. The van der Waals surface area contributed by atoms with Crippen LogP contribution in [0.2, 0.25) is 0 Å². The minimum atomic E-state index is -4.64. The van der Waals surface area contributed by atoms with Crippen LogP contribution in [-0.2, 0) is 12.7 Å². The number of rotatable bonds is 3. The van der Waals surface area contributed by atoms with Gasteiger partial charge in [-0.2, -0.15) is 26.3 Å². The second-order valence-electron chi connectivity index (χ2n) is 5.81. The molecule has 0 unspecified atom stereocenters. The summed E-state index contributed by atoms with van der Waals surface area (Å²) in [4.78, 5) is 6.55. The maximum atomic E-state index is 12.8. The van der Waals surface area contributed by atoms with Gasteiger partial charge in [0, 0.05) is 31.7 Å². The van der Waals surface area contributed by atoms with Gasteiger partial charge in [-0.25, -0.2) is 4.98 Å². The smallest absolute Gasteiger partial charge is 0.439 e. The van der Waals surface area contributed by atoms with Crippen LogP contribution in [0.4, 0.5) is 26.3 Å². The summed E-state index contributed by atoms with van der Waals surface area (Å²) in [6.45, 7) is 2.57. The predicted molar refractivity (Wildman–Crippen MR) is 68.5 cm³/mol. The minimum absolute atomic E-state index is 0.111. The average molecular weight is 345 g/mol. The van der Waals surface area contributed by atoms with Crippen molar-refractivity contribution in [1.82, 2.24) is 14.8 Å². The summed E-state index contributed by atoms with van der Waals surface area (Å²) in [7, 11) is 0. The van der Waals surface area contributed by atoms with Crippen LogP contribution in [0.5, 0.6) is 0 Å². The molecule has 4 nitrogen and oxygen atoms in total. The lowest BCUT2D eigenvalue weighted by atomic mass is 10.1. The third kappa shape index (κ3) is 4.60. The van der Waals surface area contributed by atoms with E-state index >= 15 is 0 Å². The molecule has 10 heteroatoms. The lowest BCUT2D eigenvalue weighted by molar-refractivity contribution is -0.163. The van der Waals surface area contributed by atoms with Crippen molar-refractivity contribution in [2.24, 2.45) is 0 Å². The summed E-state index contributed by atoms with van der Waals surface area (Å²) in [6, 6.07) is -0.858. The van der Waals surface area contributed by atoms with E-state index in [1.807, 2.05) is 0 Å². The Balaban J connectivity index is 2.04. The molecule has 23 heavy (non-hydrogen) atoms. The number of nitrogens with zero attached hydrogens (tertiary/aromatic N) is 3. The Hall–Kier alpha value is -1.29. The first-order valence-electron chi connectivity index (χ1n) is 7.02. The highest BCUT2D eigenvalue weighted by atomic mass is 19.4. The van der Waals surface area contributed by atoms with Gasteiger partial charge in [0.15, 0.2) is 6.39 Å². The summed E-state index contributed by atoms with van der Waals surface area (Å²) in [6.07, 6.45) is -8.22. The van der Waals surface area contributed by atoms with Crippen LogP contribution in [0.3, 0.4) is 0 Å². The highest BCUT2D eigenvalue weighted by Gasteiger charge is 2.41. The van der Waals surface area contributed by atoms with Crippen molar-refractivity contribution in [2.75, 3.05) is 19.6 Å². The largest absolute Gasteiger partial charge is 0.451 e. The van der Waals surface area contributed by atoms with Crippen LogP contribution in [0.25, 0.3) is 0 Å². The molecule has 0 radical (unpaired) electrons. The number of piperazine rings is 1. The molecule has 2 heterocycles. The molecule has 0 N–H and O–H groups in total. The van der Waals surface area contributed by atoms with Gasteiger partial charge in [0.1, 0.15) is 5.69 Å². The number of hydrogen-bond acceptors (Lipinski definition) is 4. The van der Waals surface area contributed by atoms with Gasteiger partial charge in [-0.1, -0.05) is 0 Å². The van der Waals surface area contributed by atoms with E-state index in [0.29, 0.717) is 0 Å². The maximum absolute atomic E-state index is 12.8. The molecule has 0 aromatic carbocycles. The normalized spacial score (nSPS) is 25.0. The van der Waals surface area contributed by atoms with E-state index < -0.39 is 36.7 Å². The molecule has 1 aromatic rings. The van der Waals surface area contributed by atoms with E-state index in [2.05, 4.69) is 9.40 Å². The molecule has 1 fully saturated rings. The molecule has 2 rings (SSSR count). The van der Waals surface area contributed by atoms with Crippen molar-refractivity contribution in [1.29, 1.82) is 0 Å². The average Bonchev–Trinajstić information content (AvgIpc) is 2.80. The van der Waals surface area contributed by atoms with Crippen molar-refractivity contribution in [3.05, 3.63) is 17.8 Å². The molecule has 1 aliphatic rings. The summed E-state index contributed by atoms with van der Waals surface area (Å²) in [5, 5.41) is 0. The third-order valence-electron chi connectivity index (χ3n) is 3.81. The van der Waals surface area contributed by atoms with E-state index in [1.54, 1.807) is 18.7 Å². The van der Waals surface area contributed by atoms with Crippen molar-refractivity contribution in [2.45, 2.75) is 44.8 Å². The highest BCUT2D eigenvalue weighted by molar-refractivity contribution is 5.11. The molecule has 0 saturated carbocycles. The van der Waals surface area contributed by atoms with Gasteiger partial charge in [-0.05, 0) is 13.8 Å². The maximum Gasteiger partial charge on any atom is 0.451 e. The zero-order valence-corrected chi connectivity index (χ0v) is 12.6. The first-order valence-corrected chi connectivity index (χ1v) is 7.02. The molecule has 1 aliphatic heterocycles. The van der Waals surface area contributed by atoms with Crippen LogP contribution in [0.15, 0.2) is 10.8 Å². The Morgan fingerprint density at radius 1 is 1.13 bits per heavy atom. The summed E-state index contributed by atoms with van der Waals surface area (Å²) in [5.74, 6) is -1.16. The van der Waals surface area contributed by atoms with E-state index in [1.165, 1.54) is 4.90 Å². The standard InChI is InChI=1S/C13H17F6N3O/c1-8-3-21(4-9(2)22(8)6-12(14,15)16)5-10-11(13(17,18)19)23-7-20-10/h7-9H,3-6H2,1-2H3/t8-,9+. The molecule has 1 aromatic heterocycles. The van der Waals surface area contributed by atoms with Crippen molar-refractivity contribution >= 4 is 0 Å². The number of aromatic nitrogens is 1. The predicted octanol–water partition coefficient (Wildman–Crippen LogP) is 3.15. The second-order valence-corrected chi connectivity index (χ2v) is 5.81. The van der Waals surface area contributed by atoms with Gasteiger partial charge in [0.2, 0.25) is 5.76 Å². The van der Waals surface area contributed by atoms with Gasteiger partial charge >= 0.3 is 12.4 Å². The molecule has 0 amide bonds. The number of hydrogen-bond donors (Lipinski definition) is 0. The van der Waals surface area contributed by atoms with Crippen LogP contribution in [0, 0.1) is 0 Å². The van der Waals surface area contributed by atoms with E-state index in [-0.39, 0.29) is 25.3 Å². The first kappa shape index (κ1) is 18.1. The topological polar surface area (TPSA) is 32.5 Å². The van der Waals surface area contributed by atoms with Gasteiger partial charge in [0.05, 0.1) is 6.54 Å². The summed E-state index contributed by atoms with van der Waals surface area (Å²) < 4.78 is 80.4. The zero-order chi connectivity index (χ0) is 17.4. The number of oxazole rings is 1. The van der Waals surface area contributed by atoms with Gasteiger partial charge in [-0.3, -0.25) is 9.80 Å². The fraction of sp³-hybridized carbons (Fsp3) is 0.769. The Morgan fingerprint density at radius 2 is 1.70 bits per heavy atom. The minimum Gasteiger partial charge on any atom is -0.439 e. The molecule has 1 saturated heterocycles. The zero-order valence-electron chi connectivity index (χ0n) is 12.6. The quantitative estimate of drug-likeness (QED) is 0.788. The van der Waals surface area contributed by atoms with Crippen molar-refractivity contribution < 1.29 is 30.8 Å². The fourth-order valence-electron chi connectivity index (χ4n) is 2.94. The molecule has 0 aliphatic carbocycles.